The predicted octanol–water partition coefficient (Wildman–Crippen LogP) is -0.235. The van der Waals surface area contributed by atoms with Crippen LogP contribution in [0.2, 0.25) is 0 Å². The van der Waals surface area contributed by atoms with Gasteiger partial charge >= 0.3 is 5.97 Å². The molecule has 1 aromatic carbocycles. The summed E-state index contributed by atoms with van der Waals surface area (Å²) in [6.07, 6.45) is 5.10. The number of carboxylic acid groups (broad SMARTS) is 1. The average molecular weight is 564 g/mol. The lowest BCUT2D eigenvalue weighted by atomic mass is 10.0. The standard InChI is InChI=1S/C26H41N7O5S/c27-11-5-3-8-18(29)23(34)32-21(13-16-14-30-19-9-2-1-7-17(16)19)25(36)31-20(10-4-6-12-28)24(35)33-22(15-39)26(37)38/h1-2,7,9,14,18,20-22,30,39H,3-6,8,10-13,15,27-29H2,(H,31,36)(H,32,34)(H,33,35)(H,37,38). The second-order valence-electron chi connectivity index (χ2n) is 9.44. The molecule has 4 unspecified atom stereocenters. The first-order valence-electron chi connectivity index (χ1n) is 13.2. The number of unbranched alkanes of at least 4 members (excludes halogenated alkanes) is 2. The highest BCUT2D eigenvalue weighted by Gasteiger charge is 2.30. The number of nitrogens with two attached hydrogens (primary N) is 3. The zero-order chi connectivity index (χ0) is 28.8. The van der Waals surface area contributed by atoms with Gasteiger partial charge in [0.2, 0.25) is 17.7 Å². The number of aliphatic carboxylic acids is 1. The molecule has 0 aliphatic carbocycles. The summed E-state index contributed by atoms with van der Waals surface area (Å²) in [6.45, 7) is 0.890. The van der Waals surface area contributed by atoms with Gasteiger partial charge in [0.25, 0.3) is 0 Å². The van der Waals surface area contributed by atoms with Crippen molar-refractivity contribution in [2.24, 2.45) is 17.2 Å². The molecule has 1 aromatic heterocycles. The third-order valence-electron chi connectivity index (χ3n) is 6.42. The lowest BCUT2D eigenvalue weighted by molar-refractivity contribution is -0.141. The van der Waals surface area contributed by atoms with Crippen LogP contribution in [0.5, 0.6) is 0 Å². The van der Waals surface area contributed by atoms with E-state index in [9.17, 15) is 24.3 Å². The second-order valence-corrected chi connectivity index (χ2v) is 9.81. The highest BCUT2D eigenvalue weighted by molar-refractivity contribution is 7.80. The molecule has 0 fully saturated rings. The number of carbonyl (C=O) groups excluding carboxylic acids is 3. The Kier molecular flexibility index (Phi) is 13.8. The Morgan fingerprint density at radius 1 is 0.846 bits per heavy atom. The summed E-state index contributed by atoms with van der Waals surface area (Å²) in [7, 11) is 0. The number of hydrogen-bond acceptors (Lipinski definition) is 8. The van der Waals surface area contributed by atoms with E-state index in [0.29, 0.717) is 38.8 Å². The molecular formula is C26H41N7O5S. The van der Waals surface area contributed by atoms with Crippen LogP contribution < -0.4 is 33.2 Å². The highest BCUT2D eigenvalue weighted by Crippen LogP contribution is 2.19. The molecule has 2 rings (SSSR count). The molecule has 39 heavy (non-hydrogen) atoms. The number of hydrogen-bond donors (Lipinski definition) is 9. The van der Waals surface area contributed by atoms with Gasteiger partial charge in [0.1, 0.15) is 18.1 Å². The van der Waals surface area contributed by atoms with Crippen LogP contribution in [0.1, 0.15) is 44.1 Å². The topological polar surface area (TPSA) is 218 Å². The van der Waals surface area contributed by atoms with Gasteiger partial charge in [0, 0.05) is 29.3 Å². The van der Waals surface area contributed by atoms with Crippen molar-refractivity contribution in [3.05, 3.63) is 36.0 Å². The quantitative estimate of drug-likeness (QED) is 0.0868. The summed E-state index contributed by atoms with van der Waals surface area (Å²) in [5, 5.41) is 18.1. The minimum atomic E-state index is -1.24. The SMILES string of the molecule is NCCCCC(N)C(=O)NC(Cc1c[nH]c2ccccc12)C(=O)NC(CCCCN)C(=O)NC(CS)C(=O)O. The fourth-order valence-corrected chi connectivity index (χ4v) is 4.39. The van der Waals surface area contributed by atoms with Crippen molar-refractivity contribution in [2.75, 3.05) is 18.8 Å². The van der Waals surface area contributed by atoms with Crippen LogP contribution in [0.15, 0.2) is 30.5 Å². The number of aromatic nitrogens is 1. The number of carboxylic acids is 1. The van der Waals surface area contributed by atoms with E-state index in [4.69, 9.17) is 17.2 Å². The van der Waals surface area contributed by atoms with Crippen molar-refractivity contribution in [1.82, 2.24) is 20.9 Å². The van der Waals surface area contributed by atoms with Crippen molar-refractivity contribution in [1.29, 1.82) is 0 Å². The molecule has 2 aromatic rings. The molecule has 0 aliphatic rings. The molecule has 13 heteroatoms. The van der Waals surface area contributed by atoms with Gasteiger partial charge in [-0.05, 0) is 56.8 Å². The summed E-state index contributed by atoms with van der Waals surface area (Å²) in [5.41, 5.74) is 18.9. The van der Waals surface area contributed by atoms with Crippen LogP contribution in [0, 0.1) is 0 Å². The maximum absolute atomic E-state index is 13.5. The zero-order valence-electron chi connectivity index (χ0n) is 22.0. The van der Waals surface area contributed by atoms with Gasteiger partial charge in [-0.25, -0.2) is 4.79 Å². The maximum atomic E-state index is 13.5. The monoisotopic (exact) mass is 563 g/mol. The Labute approximate surface area is 233 Å². The largest absolute Gasteiger partial charge is 0.480 e. The number of para-hydroxylation sites is 1. The number of nitrogens with one attached hydrogen (secondary N) is 4. The Morgan fingerprint density at radius 3 is 2.08 bits per heavy atom. The summed E-state index contributed by atoms with van der Waals surface area (Å²) in [6, 6.07) is 3.44. The molecule has 1 heterocycles. The van der Waals surface area contributed by atoms with Crippen molar-refractivity contribution < 1.29 is 24.3 Å². The van der Waals surface area contributed by atoms with Crippen molar-refractivity contribution in [3.8, 4) is 0 Å². The molecule has 0 aliphatic heterocycles. The summed E-state index contributed by atoms with van der Waals surface area (Å²) in [4.78, 5) is 54.0. The molecule has 0 saturated heterocycles. The predicted molar refractivity (Wildman–Crippen MR) is 153 cm³/mol. The van der Waals surface area contributed by atoms with Crippen LogP contribution in [-0.4, -0.2) is 76.8 Å². The Balaban J connectivity index is 2.26. The van der Waals surface area contributed by atoms with Crippen molar-refractivity contribution >= 4 is 47.2 Å². The molecule has 0 spiro atoms. The number of amides is 3. The van der Waals surface area contributed by atoms with E-state index in [0.717, 1.165) is 22.9 Å². The minimum absolute atomic E-state index is 0.119. The first-order chi connectivity index (χ1) is 18.7. The van der Waals surface area contributed by atoms with E-state index in [2.05, 4.69) is 33.6 Å². The lowest BCUT2D eigenvalue weighted by Crippen LogP contribution is -2.57. The first kappa shape index (κ1) is 32.1. The number of benzene rings is 1. The summed E-state index contributed by atoms with van der Waals surface area (Å²) < 4.78 is 0. The minimum Gasteiger partial charge on any atom is -0.480 e. The average Bonchev–Trinajstić information content (AvgIpc) is 3.33. The van der Waals surface area contributed by atoms with E-state index in [-0.39, 0.29) is 18.6 Å². The Hall–Kier alpha value is -3.13. The smallest absolute Gasteiger partial charge is 0.327 e. The number of thiol groups is 1. The molecule has 0 radical (unpaired) electrons. The van der Waals surface area contributed by atoms with Crippen LogP contribution in [0.25, 0.3) is 10.9 Å². The maximum Gasteiger partial charge on any atom is 0.327 e. The molecule has 11 N–H and O–H groups in total. The van der Waals surface area contributed by atoms with Gasteiger partial charge in [-0.3, -0.25) is 14.4 Å². The van der Waals surface area contributed by atoms with Crippen LogP contribution >= 0.6 is 12.6 Å². The summed E-state index contributed by atoms with van der Waals surface area (Å²) >= 11 is 3.98. The molecule has 4 atom stereocenters. The lowest BCUT2D eigenvalue weighted by Gasteiger charge is -2.25. The zero-order valence-corrected chi connectivity index (χ0v) is 22.9. The van der Waals surface area contributed by atoms with Gasteiger partial charge < -0.3 is 43.2 Å². The molecule has 0 bridgehead atoms. The van der Waals surface area contributed by atoms with E-state index < -0.39 is 47.9 Å². The number of fused-ring (bicyclic) bond motifs is 1. The van der Waals surface area contributed by atoms with Gasteiger partial charge in [0.05, 0.1) is 6.04 Å². The Morgan fingerprint density at radius 2 is 1.44 bits per heavy atom. The van der Waals surface area contributed by atoms with E-state index in [1.807, 2.05) is 24.3 Å². The van der Waals surface area contributed by atoms with Crippen molar-refractivity contribution in [3.63, 3.8) is 0 Å². The van der Waals surface area contributed by atoms with Crippen LogP contribution in [0.3, 0.4) is 0 Å². The number of carbonyl (C=O) groups is 4. The highest BCUT2D eigenvalue weighted by atomic mass is 32.1. The van der Waals surface area contributed by atoms with Gasteiger partial charge in [-0.2, -0.15) is 12.6 Å². The first-order valence-corrected chi connectivity index (χ1v) is 13.8. The van der Waals surface area contributed by atoms with Crippen LogP contribution in [0.4, 0.5) is 0 Å². The fraction of sp³-hybridized carbons (Fsp3) is 0.538. The normalized spacial score (nSPS) is 14.3. The number of rotatable bonds is 18. The number of H-pyrrole nitrogens is 1. The van der Waals surface area contributed by atoms with E-state index >= 15 is 0 Å². The van der Waals surface area contributed by atoms with Gasteiger partial charge in [-0.15, -0.1) is 0 Å². The second kappa shape index (κ2) is 16.7. The van der Waals surface area contributed by atoms with Gasteiger partial charge in [0.15, 0.2) is 0 Å². The molecular weight excluding hydrogens is 522 g/mol. The van der Waals surface area contributed by atoms with Crippen LogP contribution in [-0.2, 0) is 25.6 Å². The molecule has 0 saturated carbocycles. The third-order valence-corrected chi connectivity index (χ3v) is 6.78. The Bertz CT molecular complexity index is 1100. The molecule has 12 nitrogen and oxygen atoms in total. The molecule has 216 valence electrons. The van der Waals surface area contributed by atoms with Crippen molar-refractivity contribution in [2.45, 2.75) is 69.1 Å². The molecule has 3 amide bonds. The third kappa shape index (κ3) is 10.2. The summed E-state index contributed by atoms with van der Waals surface area (Å²) in [5.74, 6) is -3.09. The van der Waals surface area contributed by atoms with Gasteiger partial charge in [-0.1, -0.05) is 24.6 Å². The van der Waals surface area contributed by atoms with E-state index in [1.54, 1.807) is 6.20 Å². The fourth-order valence-electron chi connectivity index (χ4n) is 4.14. The van der Waals surface area contributed by atoms with E-state index in [1.165, 1.54) is 0 Å². The number of aromatic amines is 1.